The van der Waals surface area contributed by atoms with Crippen molar-refractivity contribution in [3.05, 3.63) is 88.2 Å². The fraction of sp³-hybridized carbons (Fsp3) is 0. The Balaban J connectivity index is 1.73. The molecule has 4 aromatic rings. The van der Waals surface area contributed by atoms with E-state index in [0.29, 0.717) is 11.1 Å². The third kappa shape index (κ3) is 2.85. The van der Waals surface area contributed by atoms with Crippen LogP contribution in [-0.4, -0.2) is 10.9 Å². The predicted molar refractivity (Wildman–Crippen MR) is 106 cm³/mol. The van der Waals surface area contributed by atoms with Crippen molar-refractivity contribution in [3.8, 4) is 11.8 Å². The maximum absolute atomic E-state index is 11.3. The quantitative estimate of drug-likeness (QED) is 0.355. The zero-order valence-corrected chi connectivity index (χ0v) is 14.6. The SMILES string of the molecule is N#CC(=Cc1ccc(-n2cc(C=O)c3ccccc32)cc1)c1cccs1. The number of aromatic nitrogens is 1. The molecule has 26 heavy (non-hydrogen) atoms. The van der Waals surface area contributed by atoms with E-state index in [0.717, 1.165) is 33.3 Å². The molecule has 0 aliphatic rings. The van der Waals surface area contributed by atoms with Crippen LogP contribution in [0.4, 0.5) is 0 Å². The lowest BCUT2D eigenvalue weighted by Crippen LogP contribution is -1.91. The first kappa shape index (κ1) is 16.1. The molecule has 0 saturated heterocycles. The van der Waals surface area contributed by atoms with Crippen molar-refractivity contribution in [2.24, 2.45) is 0 Å². The molecule has 0 N–H and O–H groups in total. The van der Waals surface area contributed by atoms with Crippen molar-refractivity contribution in [3.63, 3.8) is 0 Å². The van der Waals surface area contributed by atoms with Gasteiger partial charge in [-0.15, -0.1) is 11.3 Å². The molecule has 0 amide bonds. The molecule has 0 bridgehead atoms. The fourth-order valence-electron chi connectivity index (χ4n) is 3.00. The van der Waals surface area contributed by atoms with Gasteiger partial charge in [-0.3, -0.25) is 4.79 Å². The Kier molecular flexibility index (Phi) is 4.22. The number of hydrogen-bond donors (Lipinski definition) is 0. The van der Waals surface area contributed by atoms with Crippen LogP contribution in [0.1, 0.15) is 20.8 Å². The Morgan fingerprint density at radius 2 is 1.85 bits per heavy atom. The van der Waals surface area contributed by atoms with Gasteiger partial charge in [0, 0.05) is 27.7 Å². The van der Waals surface area contributed by atoms with Gasteiger partial charge >= 0.3 is 0 Å². The molecule has 0 saturated carbocycles. The minimum atomic E-state index is 0.655. The first-order chi connectivity index (χ1) is 12.8. The zero-order chi connectivity index (χ0) is 17.9. The van der Waals surface area contributed by atoms with E-state index in [4.69, 9.17) is 0 Å². The summed E-state index contributed by atoms with van der Waals surface area (Å²) in [5.74, 6) is 0. The molecule has 0 atom stereocenters. The van der Waals surface area contributed by atoms with E-state index in [-0.39, 0.29) is 0 Å². The minimum absolute atomic E-state index is 0.655. The Morgan fingerprint density at radius 3 is 2.54 bits per heavy atom. The summed E-state index contributed by atoms with van der Waals surface area (Å²) in [5, 5.41) is 12.3. The molecule has 0 aliphatic heterocycles. The molecule has 0 unspecified atom stereocenters. The lowest BCUT2D eigenvalue weighted by atomic mass is 10.1. The van der Waals surface area contributed by atoms with E-state index in [2.05, 4.69) is 6.07 Å². The van der Waals surface area contributed by atoms with Crippen LogP contribution in [-0.2, 0) is 0 Å². The molecule has 4 rings (SSSR count). The number of para-hydroxylation sites is 1. The summed E-state index contributed by atoms with van der Waals surface area (Å²) in [7, 11) is 0. The molecule has 0 aliphatic carbocycles. The van der Waals surface area contributed by atoms with Gasteiger partial charge in [-0.05, 0) is 41.3 Å². The Labute approximate surface area is 155 Å². The molecule has 0 radical (unpaired) electrons. The number of fused-ring (bicyclic) bond motifs is 1. The van der Waals surface area contributed by atoms with Crippen LogP contribution >= 0.6 is 11.3 Å². The monoisotopic (exact) mass is 354 g/mol. The number of carbonyl (C=O) groups excluding carboxylic acids is 1. The van der Waals surface area contributed by atoms with Crippen molar-refractivity contribution in [2.75, 3.05) is 0 Å². The first-order valence-electron chi connectivity index (χ1n) is 8.11. The first-order valence-corrected chi connectivity index (χ1v) is 8.99. The highest BCUT2D eigenvalue weighted by atomic mass is 32.1. The van der Waals surface area contributed by atoms with Gasteiger partial charge in [0.05, 0.1) is 11.1 Å². The highest BCUT2D eigenvalue weighted by Gasteiger charge is 2.09. The van der Waals surface area contributed by atoms with Crippen LogP contribution in [0, 0.1) is 11.3 Å². The number of carbonyl (C=O) groups is 1. The van der Waals surface area contributed by atoms with E-state index in [1.54, 1.807) is 11.3 Å². The highest BCUT2D eigenvalue weighted by molar-refractivity contribution is 7.11. The number of hydrogen-bond acceptors (Lipinski definition) is 3. The van der Waals surface area contributed by atoms with E-state index < -0.39 is 0 Å². The second-order valence-corrected chi connectivity index (χ2v) is 6.78. The normalized spacial score (nSPS) is 11.4. The van der Waals surface area contributed by atoms with E-state index in [9.17, 15) is 10.1 Å². The van der Waals surface area contributed by atoms with Gasteiger partial charge in [-0.2, -0.15) is 5.26 Å². The van der Waals surface area contributed by atoms with Crippen molar-refractivity contribution in [1.29, 1.82) is 5.26 Å². The summed E-state index contributed by atoms with van der Waals surface area (Å²) in [6.45, 7) is 0. The van der Waals surface area contributed by atoms with Crippen LogP contribution < -0.4 is 0 Å². The van der Waals surface area contributed by atoms with Crippen molar-refractivity contribution >= 4 is 40.2 Å². The molecule has 2 aromatic carbocycles. The summed E-state index contributed by atoms with van der Waals surface area (Å²) < 4.78 is 2.01. The van der Waals surface area contributed by atoms with Gasteiger partial charge in [0.25, 0.3) is 0 Å². The maximum atomic E-state index is 11.3. The summed E-state index contributed by atoms with van der Waals surface area (Å²) in [6.07, 6.45) is 4.63. The highest BCUT2D eigenvalue weighted by Crippen LogP contribution is 2.26. The predicted octanol–water partition coefficient (Wildman–Crippen LogP) is 5.57. The van der Waals surface area contributed by atoms with Crippen molar-refractivity contribution in [1.82, 2.24) is 4.57 Å². The molecule has 0 fully saturated rings. The van der Waals surface area contributed by atoms with E-state index in [1.807, 2.05) is 82.9 Å². The second kappa shape index (κ2) is 6.83. The van der Waals surface area contributed by atoms with Gasteiger partial charge in [-0.25, -0.2) is 0 Å². The van der Waals surface area contributed by atoms with E-state index >= 15 is 0 Å². The molecule has 124 valence electrons. The lowest BCUT2D eigenvalue weighted by Gasteiger charge is -2.06. The summed E-state index contributed by atoms with van der Waals surface area (Å²) in [5.41, 5.74) is 4.26. The van der Waals surface area contributed by atoms with Crippen LogP contribution in [0.5, 0.6) is 0 Å². The van der Waals surface area contributed by atoms with Crippen LogP contribution in [0.15, 0.2) is 72.2 Å². The second-order valence-electron chi connectivity index (χ2n) is 5.83. The molecule has 4 heteroatoms. The topological polar surface area (TPSA) is 45.8 Å². The molecule has 0 spiro atoms. The van der Waals surface area contributed by atoms with Crippen molar-refractivity contribution < 1.29 is 4.79 Å². The molecular weight excluding hydrogens is 340 g/mol. The molecule has 3 nitrogen and oxygen atoms in total. The number of benzene rings is 2. The number of thiophene rings is 1. The summed E-state index contributed by atoms with van der Waals surface area (Å²) in [4.78, 5) is 12.3. The van der Waals surface area contributed by atoms with Crippen molar-refractivity contribution in [2.45, 2.75) is 0 Å². The summed E-state index contributed by atoms with van der Waals surface area (Å²) in [6, 6.07) is 22.0. The number of aldehydes is 1. The third-order valence-corrected chi connectivity index (χ3v) is 5.16. The van der Waals surface area contributed by atoms with Gasteiger partial charge in [0.1, 0.15) is 6.07 Å². The third-order valence-electron chi connectivity index (χ3n) is 4.26. The standard InChI is InChI=1S/C22H14N2OS/c23-13-17(22-6-3-11-26-22)12-16-7-9-19(10-8-16)24-14-18(15-25)20-4-1-2-5-21(20)24/h1-12,14-15H. The number of rotatable bonds is 4. The Morgan fingerprint density at radius 1 is 1.04 bits per heavy atom. The average Bonchev–Trinajstić information content (AvgIpc) is 3.35. The number of nitrogens with zero attached hydrogens (tertiary/aromatic N) is 2. The van der Waals surface area contributed by atoms with Crippen LogP contribution in [0.3, 0.4) is 0 Å². The number of nitriles is 1. The van der Waals surface area contributed by atoms with Gasteiger partial charge in [0.15, 0.2) is 6.29 Å². The van der Waals surface area contributed by atoms with Gasteiger partial charge in [-0.1, -0.05) is 36.4 Å². The number of allylic oxidation sites excluding steroid dienone is 1. The fourth-order valence-corrected chi connectivity index (χ4v) is 3.69. The van der Waals surface area contributed by atoms with Gasteiger partial charge < -0.3 is 4.57 Å². The minimum Gasteiger partial charge on any atom is -0.316 e. The zero-order valence-electron chi connectivity index (χ0n) is 13.8. The van der Waals surface area contributed by atoms with Crippen LogP contribution in [0.2, 0.25) is 0 Å². The van der Waals surface area contributed by atoms with E-state index in [1.165, 1.54) is 0 Å². The Bertz CT molecular complexity index is 1140. The van der Waals surface area contributed by atoms with Gasteiger partial charge in [0.2, 0.25) is 0 Å². The molecule has 2 aromatic heterocycles. The lowest BCUT2D eigenvalue weighted by molar-refractivity contribution is 0.112. The van der Waals surface area contributed by atoms with Crippen LogP contribution in [0.25, 0.3) is 28.2 Å². The molecular formula is C22H14N2OS. The summed E-state index contributed by atoms with van der Waals surface area (Å²) >= 11 is 1.55. The molecule has 2 heterocycles. The average molecular weight is 354 g/mol. The smallest absolute Gasteiger partial charge is 0.152 e. The Hall–Kier alpha value is -3.42. The largest absolute Gasteiger partial charge is 0.316 e. The maximum Gasteiger partial charge on any atom is 0.152 e.